The van der Waals surface area contributed by atoms with Crippen molar-refractivity contribution < 1.29 is 19.4 Å². The zero-order valence-electron chi connectivity index (χ0n) is 17.5. The molecular formula is C24H30N2O4. The average molecular weight is 411 g/mol. The van der Waals surface area contributed by atoms with Crippen LogP contribution < -0.4 is 9.47 Å². The van der Waals surface area contributed by atoms with Crippen LogP contribution in [0.4, 0.5) is 0 Å². The maximum absolute atomic E-state index is 11.5. The standard InChI is InChI=1S/C24H30N2O4/c1-18(27)20-3-2-4-23(14-20)30-17-22(28)16-26-10-8-25(9-11-26)15-19-5-6-24-21(13-19)7-12-29-24/h2-6,13-14,22,28H,7-12,15-17H2,1H3. The van der Waals surface area contributed by atoms with Crippen LogP contribution in [0.1, 0.15) is 28.4 Å². The van der Waals surface area contributed by atoms with Crippen LogP contribution in [0.2, 0.25) is 0 Å². The second-order valence-electron chi connectivity index (χ2n) is 8.17. The maximum Gasteiger partial charge on any atom is 0.159 e. The summed E-state index contributed by atoms with van der Waals surface area (Å²) in [5.41, 5.74) is 3.28. The Hall–Kier alpha value is -2.41. The minimum absolute atomic E-state index is 0.00657. The van der Waals surface area contributed by atoms with Crippen LogP contribution in [0, 0.1) is 0 Å². The van der Waals surface area contributed by atoms with Gasteiger partial charge in [-0.05, 0) is 36.2 Å². The summed E-state index contributed by atoms with van der Waals surface area (Å²) < 4.78 is 11.3. The summed E-state index contributed by atoms with van der Waals surface area (Å²) in [6, 6.07) is 13.6. The number of piperazine rings is 1. The van der Waals surface area contributed by atoms with Crippen LogP contribution in [0.5, 0.6) is 11.5 Å². The van der Waals surface area contributed by atoms with E-state index >= 15 is 0 Å². The minimum atomic E-state index is -0.561. The maximum atomic E-state index is 11.5. The number of hydrogen-bond donors (Lipinski definition) is 1. The van der Waals surface area contributed by atoms with E-state index < -0.39 is 6.10 Å². The monoisotopic (exact) mass is 410 g/mol. The SMILES string of the molecule is CC(=O)c1cccc(OCC(O)CN2CCN(Cc3ccc4c(c3)CCO4)CC2)c1. The molecule has 2 aromatic rings. The molecule has 0 amide bonds. The zero-order chi connectivity index (χ0) is 20.9. The molecule has 6 nitrogen and oxygen atoms in total. The van der Waals surface area contributed by atoms with Gasteiger partial charge in [-0.15, -0.1) is 0 Å². The third-order valence-corrected chi connectivity index (χ3v) is 5.78. The molecule has 2 aromatic carbocycles. The Labute approximate surface area is 178 Å². The van der Waals surface area contributed by atoms with Crippen molar-refractivity contribution in [2.24, 2.45) is 0 Å². The number of carbonyl (C=O) groups is 1. The largest absolute Gasteiger partial charge is 0.493 e. The molecule has 30 heavy (non-hydrogen) atoms. The number of aliphatic hydroxyl groups excluding tert-OH is 1. The van der Waals surface area contributed by atoms with Crippen molar-refractivity contribution in [1.29, 1.82) is 0 Å². The predicted molar refractivity (Wildman–Crippen MR) is 115 cm³/mol. The molecule has 4 rings (SSSR count). The smallest absolute Gasteiger partial charge is 0.159 e. The summed E-state index contributed by atoms with van der Waals surface area (Å²) in [4.78, 5) is 16.2. The molecule has 1 fully saturated rings. The van der Waals surface area contributed by atoms with Crippen LogP contribution in [0.15, 0.2) is 42.5 Å². The first kappa shape index (κ1) is 20.8. The Kier molecular flexibility index (Phi) is 6.67. The fraction of sp³-hybridized carbons (Fsp3) is 0.458. The molecule has 160 valence electrons. The van der Waals surface area contributed by atoms with Crippen molar-refractivity contribution >= 4 is 5.78 Å². The second-order valence-corrected chi connectivity index (χ2v) is 8.17. The molecular weight excluding hydrogens is 380 g/mol. The lowest BCUT2D eigenvalue weighted by Gasteiger charge is -2.35. The minimum Gasteiger partial charge on any atom is -0.493 e. The number of nitrogens with zero attached hydrogens (tertiary/aromatic N) is 2. The van der Waals surface area contributed by atoms with Crippen LogP contribution in [-0.2, 0) is 13.0 Å². The summed E-state index contributed by atoms with van der Waals surface area (Å²) in [6.07, 6.45) is 0.449. The lowest BCUT2D eigenvalue weighted by atomic mass is 10.1. The number of hydrogen-bond acceptors (Lipinski definition) is 6. The number of β-amino-alcohol motifs (C(OH)–C–C–N with tert-alkyl or cyclic N) is 1. The van der Waals surface area contributed by atoms with Gasteiger partial charge < -0.3 is 14.6 Å². The fourth-order valence-electron chi connectivity index (χ4n) is 4.07. The number of aliphatic hydroxyl groups is 1. The highest BCUT2D eigenvalue weighted by molar-refractivity contribution is 5.94. The van der Waals surface area contributed by atoms with Gasteiger partial charge in [-0.1, -0.05) is 24.3 Å². The predicted octanol–water partition coefficient (Wildman–Crippen LogP) is 2.38. The van der Waals surface area contributed by atoms with Crippen molar-refractivity contribution in [1.82, 2.24) is 9.80 Å². The molecule has 2 aliphatic heterocycles. The molecule has 2 aliphatic rings. The topological polar surface area (TPSA) is 62.2 Å². The van der Waals surface area contributed by atoms with Gasteiger partial charge in [0.05, 0.1) is 6.61 Å². The normalized spacial score (nSPS) is 17.9. The van der Waals surface area contributed by atoms with E-state index in [1.165, 1.54) is 18.1 Å². The highest BCUT2D eigenvalue weighted by Gasteiger charge is 2.20. The summed E-state index contributed by atoms with van der Waals surface area (Å²) >= 11 is 0. The third-order valence-electron chi connectivity index (χ3n) is 5.78. The number of rotatable bonds is 8. The van der Waals surface area contributed by atoms with Gasteiger partial charge in [0.1, 0.15) is 24.2 Å². The molecule has 1 atom stereocenters. The number of carbonyl (C=O) groups excluding carboxylic acids is 1. The summed E-state index contributed by atoms with van der Waals surface area (Å²) in [6.45, 7) is 7.95. The van der Waals surface area contributed by atoms with Gasteiger partial charge in [0, 0.05) is 51.3 Å². The summed E-state index contributed by atoms with van der Waals surface area (Å²) in [7, 11) is 0. The first-order valence-electron chi connectivity index (χ1n) is 10.7. The van der Waals surface area contributed by atoms with Gasteiger partial charge in [-0.3, -0.25) is 14.6 Å². The van der Waals surface area contributed by atoms with E-state index in [-0.39, 0.29) is 12.4 Å². The number of Topliss-reactive ketones (excluding diaryl/α,β-unsaturated/α-hetero) is 1. The lowest BCUT2D eigenvalue weighted by Crippen LogP contribution is -2.48. The van der Waals surface area contributed by atoms with Gasteiger partial charge in [0.15, 0.2) is 5.78 Å². The number of fused-ring (bicyclic) bond motifs is 1. The summed E-state index contributed by atoms with van der Waals surface area (Å²) in [5, 5.41) is 10.4. The number of benzene rings is 2. The second kappa shape index (κ2) is 9.60. The number of ether oxygens (including phenoxy) is 2. The average Bonchev–Trinajstić information content (AvgIpc) is 3.22. The molecule has 0 bridgehead atoms. The van der Waals surface area contributed by atoms with E-state index in [1.807, 2.05) is 6.07 Å². The Morgan fingerprint density at radius 3 is 2.73 bits per heavy atom. The highest BCUT2D eigenvalue weighted by atomic mass is 16.5. The van der Waals surface area contributed by atoms with E-state index in [0.29, 0.717) is 17.9 Å². The first-order chi connectivity index (χ1) is 14.6. The van der Waals surface area contributed by atoms with E-state index in [9.17, 15) is 9.90 Å². The van der Waals surface area contributed by atoms with Crippen LogP contribution in [0.3, 0.4) is 0 Å². The Balaban J connectivity index is 1.19. The lowest BCUT2D eigenvalue weighted by molar-refractivity contribution is 0.0446. The van der Waals surface area contributed by atoms with Gasteiger partial charge >= 0.3 is 0 Å². The van der Waals surface area contributed by atoms with Crippen molar-refractivity contribution in [3.8, 4) is 11.5 Å². The van der Waals surface area contributed by atoms with E-state index in [2.05, 4.69) is 28.0 Å². The van der Waals surface area contributed by atoms with Crippen LogP contribution in [0.25, 0.3) is 0 Å². The molecule has 1 N–H and O–H groups in total. The first-order valence-corrected chi connectivity index (χ1v) is 10.7. The molecule has 0 aromatic heterocycles. The van der Waals surface area contributed by atoms with Crippen LogP contribution >= 0.6 is 0 Å². The van der Waals surface area contributed by atoms with Crippen molar-refractivity contribution in [2.75, 3.05) is 45.9 Å². The van der Waals surface area contributed by atoms with Crippen LogP contribution in [-0.4, -0.2) is 72.7 Å². The van der Waals surface area contributed by atoms with E-state index in [4.69, 9.17) is 9.47 Å². The van der Waals surface area contributed by atoms with Crippen molar-refractivity contribution in [3.05, 3.63) is 59.2 Å². The van der Waals surface area contributed by atoms with E-state index in [0.717, 1.165) is 51.5 Å². The molecule has 0 radical (unpaired) electrons. The zero-order valence-corrected chi connectivity index (χ0v) is 17.5. The highest BCUT2D eigenvalue weighted by Crippen LogP contribution is 2.26. The molecule has 1 saturated heterocycles. The van der Waals surface area contributed by atoms with Crippen molar-refractivity contribution in [2.45, 2.75) is 26.0 Å². The molecule has 2 heterocycles. The van der Waals surface area contributed by atoms with Gasteiger partial charge in [-0.2, -0.15) is 0 Å². The Bertz CT molecular complexity index is 877. The molecule has 1 unspecified atom stereocenters. The Morgan fingerprint density at radius 2 is 1.93 bits per heavy atom. The van der Waals surface area contributed by atoms with Gasteiger partial charge in [-0.25, -0.2) is 0 Å². The molecule has 0 aliphatic carbocycles. The van der Waals surface area contributed by atoms with Gasteiger partial charge in [0.2, 0.25) is 0 Å². The molecule has 6 heteroatoms. The number of ketones is 1. The summed E-state index contributed by atoms with van der Waals surface area (Å²) in [5.74, 6) is 1.66. The quantitative estimate of drug-likeness (QED) is 0.675. The molecule has 0 spiro atoms. The Morgan fingerprint density at radius 1 is 1.13 bits per heavy atom. The van der Waals surface area contributed by atoms with Crippen molar-refractivity contribution in [3.63, 3.8) is 0 Å². The fourth-order valence-corrected chi connectivity index (χ4v) is 4.07. The van der Waals surface area contributed by atoms with E-state index in [1.54, 1.807) is 18.2 Å². The van der Waals surface area contributed by atoms with Gasteiger partial charge in [0.25, 0.3) is 0 Å². The third kappa shape index (κ3) is 5.39. The molecule has 0 saturated carbocycles.